The lowest BCUT2D eigenvalue weighted by atomic mass is 9.95. The average molecular weight is 236 g/mol. The van der Waals surface area contributed by atoms with E-state index in [9.17, 15) is 9.90 Å². The standard InChI is InChI=1S/C13H16O4/c1-4-8-9(14)6-11(16-3)12-10(15)5-7(2)17-13(8)12/h6-7,14H,4-5H2,1-3H3/t7-/m1/s1. The van der Waals surface area contributed by atoms with Crippen LogP contribution in [-0.4, -0.2) is 24.1 Å². The molecule has 0 aliphatic carbocycles. The first-order valence-corrected chi connectivity index (χ1v) is 5.71. The minimum atomic E-state index is -0.160. The Morgan fingerprint density at radius 2 is 2.29 bits per heavy atom. The topological polar surface area (TPSA) is 55.8 Å². The molecule has 0 aromatic heterocycles. The van der Waals surface area contributed by atoms with Crippen molar-refractivity contribution in [2.75, 3.05) is 7.11 Å². The van der Waals surface area contributed by atoms with Gasteiger partial charge in [-0.05, 0) is 13.3 Å². The van der Waals surface area contributed by atoms with Crippen LogP contribution >= 0.6 is 0 Å². The Morgan fingerprint density at radius 1 is 1.59 bits per heavy atom. The third kappa shape index (κ3) is 1.84. The number of ether oxygens (including phenoxy) is 2. The van der Waals surface area contributed by atoms with Gasteiger partial charge in [-0.3, -0.25) is 4.79 Å². The lowest BCUT2D eigenvalue weighted by Crippen LogP contribution is -2.25. The van der Waals surface area contributed by atoms with Crippen LogP contribution in [-0.2, 0) is 6.42 Å². The first kappa shape index (κ1) is 11.8. The summed E-state index contributed by atoms with van der Waals surface area (Å²) in [5.41, 5.74) is 1.13. The molecule has 0 fully saturated rings. The third-order valence-electron chi connectivity index (χ3n) is 2.97. The molecule has 0 bridgehead atoms. The number of hydrogen-bond acceptors (Lipinski definition) is 4. The molecule has 1 heterocycles. The predicted octanol–water partition coefficient (Wildman–Crippen LogP) is 2.32. The van der Waals surface area contributed by atoms with Crippen LogP contribution in [0.15, 0.2) is 6.07 Å². The number of ketones is 1. The van der Waals surface area contributed by atoms with E-state index < -0.39 is 0 Å². The molecule has 17 heavy (non-hydrogen) atoms. The van der Waals surface area contributed by atoms with Gasteiger partial charge in [0.15, 0.2) is 5.78 Å². The number of hydrogen-bond donors (Lipinski definition) is 1. The maximum atomic E-state index is 12.0. The molecule has 1 aliphatic heterocycles. The fourth-order valence-corrected chi connectivity index (χ4v) is 2.17. The van der Waals surface area contributed by atoms with Crippen LogP contribution in [0.25, 0.3) is 0 Å². The number of phenolic OH excluding ortho intramolecular Hbond substituents is 1. The minimum Gasteiger partial charge on any atom is -0.507 e. The van der Waals surface area contributed by atoms with E-state index in [0.717, 1.165) is 0 Å². The van der Waals surface area contributed by atoms with E-state index in [1.807, 2.05) is 13.8 Å². The molecular formula is C13H16O4. The Kier molecular flexibility index (Phi) is 2.96. The summed E-state index contributed by atoms with van der Waals surface area (Å²) in [5, 5.41) is 9.88. The van der Waals surface area contributed by atoms with Crippen molar-refractivity contribution in [2.24, 2.45) is 0 Å². The number of aromatic hydroxyl groups is 1. The second-order valence-electron chi connectivity index (χ2n) is 4.19. The highest BCUT2D eigenvalue weighted by Gasteiger charge is 2.30. The zero-order valence-electron chi connectivity index (χ0n) is 10.2. The molecule has 4 heteroatoms. The molecule has 0 saturated carbocycles. The summed E-state index contributed by atoms with van der Waals surface area (Å²) in [6.45, 7) is 3.76. The van der Waals surface area contributed by atoms with Crippen LogP contribution in [0.1, 0.15) is 36.2 Å². The highest BCUT2D eigenvalue weighted by molar-refractivity contribution is 6.03. The van der Waals surface area contributed by atoms with Crippen molar-refractivity contribution in [3.05, 3.63) is 17.2 Å². The summed E-state index contributed by atoms with van der Waals surface area (Å²) in [7, 11) is 1.48. The van der Waals surface area contributed by atoms with Gasteiger partial charge in [0, 0.05) is 18.1 Å². The second kappa shape index (κ2) is 4.28. The summed E-state index contributed by atoms with van der Waals surface area (Å²) in [6, 6.07) is 1.48. The van der Waals surface area contributed by atoms with E-state index in [1.165, 1.54) is 13.2 Å². The average Bonchev–Trinajstić information content (AvgIpc) is 2.27. The van der Waals surface area contributed by atoms with Gasteiger partial charge >= 0.3 is 0 Å². The van der Waals surface area contributed by atoms with Gasteiger partial charge in [-0.2, -0.15) is 0 Å². The number of methoxy groups -OCH3 is 1. The van der Waals surface area contributed by atoms with E-state index in [0.29, 0.717) is 35.5 Å². The Balaban J connectivity index is 2.69. The maximum absolute atomic E-state index is 12.0. The normalized spacial score (nSPS) is 18.5. The van der Waals surface area contributed by atoms with E-state index in [1.54, 1.807) is 0 Å². The Morgan fingerprint density at radius 3 is 2.88 bits per heavy atom. The fraction of sp³-hybridized carbons (Fsp3) is 0.462. The molecule has 1 aliphatic rings. The van der Waals surface area contributed by atoms with E-state index in [-0.39, 0.29) is 17.6 Å². The number of Topliss-reactive ketones (excluding diaryl/α,β-unsaturated/α-hetero) is 1. The molecular weight excluding hydrogens is 220 g/mol. The van der Waals surface area contributed by atoms with Crippen molar-refractivity contribution in [2.45, 2.75) is 32.8 Å². The number of benzene rings is 1. The Labute approximate surface area is 100 Å². The van der Waals surface area contributed by atoms with Crippen molar-refractivity contribution in [3.63, 3.8) is 0 Å². The lowest BCUT2D eigenvalue weighted by Gasteiger charge is -2.26. The lowest BCUT2D eigenvalue weighted by molar-refractivity contribution is 0.0863. The number of carbonyl (C=O) groups excluding carboxylic acids is 1. The molecule has 0 spiro atoms. The molecule has 1 N–H and O–H groups in total. The molecule has 92 valence electrons. The van der Waals surface area contributed by atoms with Crippen LogP contribution < -0.4 is 9.47 Å². The van der Waals surface area contributed by atoms with Gasteiger partial charge in [-0.25, -0.2) is 0 Å². The zero-order valence-corrected chi connectivity index (χ0v) is 10.2. The van der Waals surface area contributed by atoms with Crippen molar-refractivity contribution < 1.29 is 19.4 Å². The quantitative estimate of drug-likeness (QED) is 0.856. The van der Waals surface area contributed by atoms with Gasteiger partial charge in [-0.1, -0.05) is 6.92 Å². The molecule has 0 unspecified atom stereocenters. The largest absolute Gasteiger partial charge is 0.507 e. The van der Waals surface area contributed by atoms with Gasteiger partial charge in [0.25, 0.3) is 0 Å². The highest BCUT2D eigenvalue weighted by Crippen LogP contribution is 2.42. The molecule has 4 nitrogen and oxygen atoms in total. The highest BCUT2D eigenvalue weighted by atomic mass is 16.5. The fourth-order valence-electron chi connectivity index (χ4n) is 2.17. The summed E-state index contributed by atoms with van der Waals surface area (Å²) >= 11 is 0. The monoisotopic (exact) mass is 236 g/mol. The van der Waals surface area contributed by atoms with Crippen molar-refractivity contribution in [3.8, 4) is 17.2 Å². The van der Waals surface area contributed by atoms with Gasteiger partial charge in [-0.15, -0.1) is 0 Å². The van der Waals surface area contributed by atoms with Crippen molar-refractivity contribution in [1.29, 1.82) is 0 Å². The molecule has 2 rings (SSSR count). The van der Waals surface area contributed by atoms with Gasteiger partial charge in [0.2, 0.25) is 0 Å². The van der Waals surface area contributed by atoms with E-state index >= 15 is 0 Å². The summed E-state index contributed by atoms with van der Waals surface area (Å²) in [4.78, 5) is 12.0. The Hall–Kier alpha value is -1.71. The Bertz CT molecular complexity index is 465. The molecule has 1 aromatic rings. The predicted molar refractivity (Wildman–Crippen MR) is 63.1 cm³/mol. The van der Waals surface area contributed by atoms with Crippen molar-refractivity contribution >= 4 is 5.78 Å². The minimum absolute atomic E-state index is 0.00491. The van der Waals surface area contributed by atoms with E-state index in [4.69, 9.17) is 9.47 Å². The summed E-state index contributed by atoms with van der Waals surface area (Å²) in [6.07, 6.45) is 0.793. The van der Waals surface area contributed by atoms with Gasteiger partial charge < -0.3 is 14.6 Å². The summed E-state index contributed by atoms with van der Waals surface area (Å²) < 4.78 is 10.8. The number of rotatable bonds is 2. The SMILES string of the molecule is CCc1c(O)cc(OC)c2c1O[C@H](C)CC2=O. The van der Waals surface area contributed by atoms with Crippen LogP contribution in [0.2, 0.25) is 0 Å². The molecule has 0 radical (unpaired) electrons. The third-order valence-corrected chi connectivity index (χ3v) is 2.97. The first-order chi connectivity index (χ1) is 8.08. The molecule has 1 atom stereocenters. The molecule has 0 amide bonds. The van der Waals surface area contributed by atoms with Crippen LogP contribution in [0.4, 0.5) is 0 Å². The zero-order chi connectivity index (χ0) is 12.6. The van der Waals surface area contributed by atoms with Crippen molar-refractivity contribution in [1.82, 2.24) is 0 Å². The first-order valence-electron chi connectivity index (χ1n) is 5.71. The number of phenols is 1. The van der Waals surface area contributed by atoms with Gasteiger partial charge in [0.05, 0.1) is 7.11 Å². The number of carbonyl (C=O) groups is 1. The van der Waals surface area contributed by atoms with Crippen LogP contribution in [0.5, 0.6) is 17.2 Å². The summed E-state index contributed by atoms with van der Waals surface area (Å²) in [5.74, 6) is 0.981. The maximum Gasteiger partial charge on any atom is 0.174 e. The van der Waals surface area contributed by atoms with Crippen LogP contribution in [0.3, 0.4) is 0 Å². The van der Waals surface area contributed by atoms with E-state index in [2.05, 4.69) is 0 Å². The molecule has 0 saturated heterocycles. The molecule has 1 aromatic carbocycles. The van der Waals surface area contributed by atoms with Crippen LogP contribution in [0, 0.1) is 0 Å². The number of fused-ring (bicyclic) bond motifs is 1. The second-order valence-corrected chi connectivity index (χ2v) is 4.19. The van der Waals surface area contributed by atoms with Gasteiger partial charge in [0.1, 0.15) is 28.9 Å². The smallest absolute Gasteiger partial charge is 0.174 e.